The Bertz CT molecular complexity index is 846. The highest BCUT2D eigenvalue weighted by Crippen LogP contribution is 2.37. The van der Waals surface area contributed by atoms with E-state index in [2.05, 4.69) is 59.7 Å². The van der Waals surface area contributed by atoms with Crippen molar-refractivity contribution < 1.29 is 0 Å². The summed E-state index contributed by atoms with van der Waals surface area (Å²) in [6, 6.07) is 11.2. The van der Waals surface area contributed by atoms with Crippen LogP contribution in [-0.2, 0) is 0 Å². The number of hydrogen-bond donors (Lipinski definition) is 0. The molecule has 1 aromatic carbocycles. The van der Waals surface area contributed by atoms with Gasteiger partial charge in [0.05, 0.1) is 6.33 Å². The second-order valence-corrected chi connectivity index (χ2v) is 6.56. The number of fused-ring (bicyclic) bond motifs is 1. The molecule has 1 aliphatic carbocycles. The lowest BCUT2D eigenvalue weighted by molar-refractivity contribution is 0.648. The fourth-order valence-electron chi connectivity index (χ4n) is 3.51. The molecule has 6 nitrogen and oxygen atoms in total. The molecule has 0 spiro atoms. The molecule has 0 amide bonds. The van der Waals surface area contributed by atoms with Gasteiger partial charge >= 0.3 is 0 Å². The van der Waals surface area contributed by atoms with Gasteiger partial charge in [0.1, 0.15) is 6.33 Å². The number of benzene rings is 1. The predicted octanol–water partition coefficient (Wildman–Crippen LogP) is 2.49. The summed E-state index contributed by atoms with van der Waals surface area (Å²) in [4.78, 5) is 18.4. The van der Waals surface area contributed by atoms with Crippen molar-refractivity contribution in [2.75, 3.05) is 36.0 Å². The quantitative estimate of drug-likeness (QED) is 0.742. The highest BCUT2D eigenvalue weighted by atomic mass is 15.3. The molecule has 0 N–H and O–H groups in total. The lowest BCUT2D eigenvalue weighted by Gasteiger charge is -2.36. The van der Waals surface area contributed by atoms with Crippen LogP contribution in [0.1, 0.15) is 18.9 Å². The molecule has 0 unspecified atom stereocenters. The zero-order valence-electron chi connectivity index (χ0n) is 13.5. The van der Waals surface area contributed by atoms with Crippen LogP contribution in [0.4, 0.5) is 11.5 Å². The zero-order valence-corrected chi connectivity index (χ0v) is 13.5. The van der Waals surface area contributed by atoms with Gasteiger partial charge in [0, 0.05) is 37.9 Å². The van der Waals surface area contributed by atoms with Crippen molar-refractivity contribution in [1.82, 2.24) is 19.5 Å². The first-order valence-electron chi connectivity index (χ1n) is 8.62. The van der Waals surface area contributed by atoms with E-state index in [4.69, 9.17) is 0 Å². The fourth-order valence-corrected chi connectivity index (χ4v) is 3.51. The van der Waals surface area contributed by atoms with Gasteiger partial charge in [0.25, 0.3) is 0 Å². The number of imidazole rings is 1. The van der Waals surface area contributed by atoms with Crippen LogP contribution in [0.15, 0.2) is 43.0 Å². The second kappa shape index (κ2) is 5.47. The topological polar surface area (TPSA) is 50.1 Å². The third-order valence-corrected chi connectivity index (χ3v) is 4.98. The Morgan fingerprint density at radius 2 is 1.58 bits per heavy atom. The molecule has 5 rings (SSSR count). The van der Waals surface area contributed by atoms with Crippen LogP contribution in [0.3, 0.4) is 0 Å². The first-order chi connectivity index (χ1) is 11.9. The summed E-state index contributed by atoms with van der Waals surface area (Å²) in [5, 5.41) is 0. The van der Waals surface area contributed by atoms with Crippen molar-refractivity contribution in [2.24, 2.45) is 0 Å². The van der Waals surface area contributed by atoms with E-state index in [1.54, 1.807) is 6.33 Å². The van der Waals surface area contributed by atoms with Gasteiger partial charge in [-0.15, -0.1) is 0 Å². The van der Waals surface area contributed by atoms with Crippen molar-refractivity contribution in [2.45, 2.75) is 18.9 Å². The maximum Gasteiger partial charge on any atom is 0.165 e. The van der Waals surface area contributed by atoms with Crippen LogP contribution in [0, 0.1) is 0 Å². The summed E-state index contributed by atoms with van der Waals surface area (Å²) in [7, 11) is 0. The second-order valence-electron chi connectivity index (χ2n) is 6.56. The first-order valence-corrected chi connectivity index (χ1v) is 8.62. The van der Waals surface area contributed by atoms with Gasteiger partial charge in [-0.3, -0.25) is 0 Å². The molecule has 0 bridgehead atoms. The monoisotopic (exact) mass is 320 g/mol. The van der Waals surface area contributed by atoms with Gasteiger partial charge in [0.15, 0.2) is 17.0 Å². The molecule has 3 heterocycles. The van der Waals surface area contributed by atoms with Gasteiger partial charge in [0.2, 0.25) is 0 Å². The van der Waals surface area contributed by atoms with Crippen molar-refractivity contribution >= 4 is 22.7 Å². The van der Waals surface area contributed by atoms with Crippen LogP contribution < -0.4 is 9.80 Å². The largest absolute Gasteiger partial charge is 0.368 e. The summed E-state index contributed by atoms with van der Waals surface area (Å²) in [6.07, 6.45) is 6.09. The first kappa shape index (κ1) is 13.8. The number of nitrogens with zero attached hydrogens (tertiary/aromatic N) is 6. The molecule has 2 aromatic heterocycles. The van der Waals surface area contributed by atoms with Gasteiger partial charge < -0.3 is 14.4 Å². The van der Waals surface area contributed by atoms with Crippen LogP contribution in [0.5, 0.6) is 0 Å². The molecule has 0 radical (unpaired) electrons. The Kier molecular flexibility index (Phi) is 3.14. The van der Waals surface area contributed by atoms with Crippen molar-refractivity contribution in [3.05, 3.63) is 43.0 Å². The van der Waals surface area contributed by atoms with Gasteiger partial charge in [-0.2, -0.15) is 0 Å². The van der Waals surface area contributed by atoms with E-state index in [0.717, 1.165) is 43.2 Å². The molecule has 1 aliphatic heterocycles. The highest BCUT2D eigenvalue weighted by Gasteiger charge is 2.27. The number of aromatic nitrogens is 4. The number of piperazine rings is 1. The van der Waals surface area contributed by atoms with Crippen LogP contribution in [-0.4, -0.2) is 45.7 Å². The van der Waals surface area contributed by atoms with Gasteiger partial charge in [-0.25, -0.2) is 15.0 Å². The standard InChI is InChI=1S/C18H20N6/c1-2-4-14(5-3-1)22-8-10-23(11-9-22)17-16-18(20-12-19-17)24(13-21-16)15-6-7-15/h1-5,12-13,15H,6-11H2. The molecule has 122 valence electrons. The van der Waals surface area contributed by atoms with Crippen molar-refractivity contribution in [3.8, 4) is 0 Å². The third-order valence-electron chi connectivity index (χ3n) is 4.98. The number of hydrogen-bond acceptors (Lipinski definition) is 5. The summed E-state index contributed by atoms with van der Waals surface area (Å²) in [5.41, 5.74) is 3.22. The van der Waals surface area contributed by atoms with E-state index in [-0.39, 0.29) is 0 Å². The third kappa shape index (κ3) is 2.29. The maximum absolute atomic E-state index is 4.61. The summed E-state index contributed by atoms with van der Waals surface area (Å²) < 4.78 is 2.21. The lowest BCUT2D eigenvalue weighted by Crippen LogP contribution is -2.46. The number of para-hydroxylation sites is 1. The van der Waals surface area contributed by atoms with E-state index in [9.17, 15) is 0 Å². The maximum atomic E-state index is 4.61. The average Bonchev–Trinajstić information content (AvgIpc) is 3.41. The number of rotatable bonds is 3. The molecule has 2 aliphatic rings. The van der Waals surface area contributed by atoms with Crippen molar-refractivity contribution in [3.63, 3.8) is 0 Å². The van der Waals surface area contributed by atoms with Crippen LogP contribution in [0.2, 0.25) is 0 Å². The fraction of sp³-hybridized carbons (Fsp3) is 0.389. The molecule has 6 heteroatoms. The Morgan fingerprint density at radius 3 is 2.33 bits per heavy atom. The minimum atomic E-state index is 0.590. The van der Waals surface area contributed by atoms with E-state index >= 15 is 0 Å². The summed E-state index contributed by atoms with van der Waals surface area (Å²) in [6.45, 7) is 3.91. The normalized spacial score (nSPS) is 18.3. The summed E-state index contributed by atoms with van der Waals surface area (Å²) in [5.74, 6) is 0.979. The van der Waals surface area contributed by atoms with Crippen molar-refractivity contribution in [1.29, 1.82) is 0 Å². The number of anilines is 2. The van der Waals surface area contributed by atoms with E-state index in [1.807, 2.05) is 6.33 Å². The molecule has 24 heavy (non-hydrogen) atoms. The zero-order chi connectivity index (χ0) is 15.9. The SMILES string of the molecule is c1ccc(N2CCN(c3ncnc4c3ncn4C3CC3)CC2)cc1. The molecule has 3 aromatic rings. The Hall–Kier alpha value is -2.63. The molecule has 2 fully saturated rings. The molecule has 1 saturated heterocycles. The molecule has 0 atom stereocenters. The Labute approximate surface area is 140 Å². The summed E-state index contributed by atoms with van der Waals surface area (Å²) >= 11 is 0. The van der Waals surface area contributed by atoms with E-state index < -0.39 is 0 Å². The average molecular weight is 320 g/mol. The molecular weight excluding hydrogens is 300 g/mol. The molecule has 1 saturated carbocycles. The predicted molar refractivity (Wildman–Crippen MR) is 94.5 cm³/mol. The Balaban J connectivity index is 1.39. The molecular formula is C18H20N6. The highest BCUT2D eigenvalue weighted by molar-refractivity contribution is 5.83. The van der Waals surface area contributed by atoms with E-state index in [1.165, 1.54) is 18.5 Å². The van der Waals surface area contributed by atoms with Gasteiger partial charge in [-0.1, -0.05) is 18.2 Å². The van der Waals surface area contributed by atoms with Crippen LogP contribution >= 0.6 is 0 Å². The minimum absolute atomic E-state index is 0.590. The van der Waals surface area contributed by atoms with E-state index in [0.29, 0.717) is 6.04 Å². The van der Waals surface area contributed by atoms with Crippen LogP contribution in [0.25, 0.3) is 11.2 Å². The lowest BCUT2D eigenvalue weighted by atomic mass is 10.2. The minimum Gasteiger partial charge on any atom is -0.368 e. The van der Waals surface area contributed by atoms with Gasteiger partial charge in [-0.05, 0) is 25.0 Å². The smallest absolute Gasteiger partial charge is 0.165 e. The Morgan fingerprint density at radius 1 is 0.833 bits per heavy atom.